The Morgan fingerprint density at radius 2 is 1.17 bits per heavy atom. The Morgan fingerprint density at radius 3 is 1.57 bits per heavy atom. The molecule has 0 spiro atoms. The van der Waals surface area contributed by atoms with Gasteiger partial charge < -0.3 is 30.3 Å². The lowest BCUT2D eigenvalue weighted by Gasteiger charge is -2.19. The highest BCUT2D eigenvalue weighted by Crippen LogP contribution is 2.37. The third-order valence-electron chi connectivity index (χ3n) is 4.79. The predicted molar refractivity (Wildman–Crippen MR) is 128 cm³/mol. The van der Waals surface area contributed by atoms with Crippen molar-refractivity contribution in [3.8, 4) is 11.5 Å². The summed E-state index contributed by atoms with van der Waals surface area (Å²) >= 11 is 0. The highest BCUT2D eigenvalue weighted by molar-refractivity contribution is 5.83. The van der Waals surface area contributed by atoms with Gasteiger partial charge in [0.1, 0.15) is 23.6 Å². The van der Waals surface area contributed by atoms with Gasteiger partial charge in [-0.15, -0.1) is 0 Å². The molecule has 0 fully saturated rings. The standard InChI is InChI=1S/C25H28N2O8/c1-14(2)21-19(34-24(32)26-15(3)22(28)29)12-18(11-10-17-8-6-5-7-9-17)13-20(21)35-25(33)27-16(4)23(30)31/h5-16H,1-4H3,(H,26,32)(H,27,33)(H,28,29)(H,30,31)/b11-10+/t15-,16-/m0/s1. The van der Waals surface area contributed by atoms with E-state index in [1.54, 1.807) is 38.1 Å². The average Bonchev–Trinajstić information content (AvgIpc) is 2.77. The SMILES string of the molecule is CC(C)c1c(OC(=O)N[C@@H](C)C(=O)O)cc(/C=C/c2ccccc2)cc1OC(=O)N[C@@H](C)C(=O)O. The van der Waals surface area contributed by atoms with Gasteiger partial charge >= 0.3 is 24.1 Å². The molecule has 2 aromatic rings. The van der Waals surface area contributed by atoms with E-state index < -0.39 is 36.2 Å². The minimum Gasteiger partial charge on any atom is -0.480 e. The molecule has 0 saturated heterocycles. The van der Waals surface area contributed by atoms with Crippen LogP contribution in [0.25, 0.3) is 12.2 Å². The molecule has 35 heavy (non-hydrogen) atoms. The van der Waals surface area contributed by atoms with Crippen molar-refractivity contribution in [1.82, 2.24) is 10.6 Å². The normalized spacial score (nSPS) is 12.6. The monoisotopic (exact) mass is 484 g/mol. The molecule has 4 N–H and O–H groups in total. The second-order valence-corrected chi connectivity index (χ2v) is 8.02. The number of rotatable bonds is 9. The maximum absolute atomic E-state index is 12.3. The number of nitrogens with one attached hydrogen (secondary N) is 2. The van der Waals surface area contributed by atoms with Crippen LogP contribution >= 0.6 is 0 Å². The maximum atomic E-state index is 12.3. The third-order valence-corrected chi connectivity index (χ3v) is 4.79. The van der Waals surface area contributed by atoms with E-state index >= 15 is 0 Å². The number of ether oxygens (including phenoxy) is 2. The van der Waals surface area contributed by atoms with E-state index in [4.69, 9.17) is 19.7 Å². The quantitative estimate of drug-likeness (QED) is 0.388. The summed E-state index contributed by atoms with van der Waals surface area (Å²) in [4.78, 5) is 46.8. The number of amides is 2. The van der Waals surface area contributed by atoms with Gasteiger partial charge in [-0.2, -0.15) is 0 Å². The fraction of sp³-hybridized carbons (Fsp3) is 0.280. The van der Waals surface area contributed by atoms with Gasteiger partial charge in [0.05, 0.1) is 0 Å². The van der Waals surface area contributed by atoms with Gasteiger partial charge in [0, 0.05) is 5.56 Å². The summed E-state index contributed by atoms with van der Waals surface area (Å²) in [5.74, 6) is -2.65. The van der Waals surface area contributed by atoms with Crippen LogP contribution in [-0.4, -0.2) is 46.4 Å². The van der Waals surface area contributed by atoms with Gasteiger partial charge in [-0.3, -0.25) is 9.59 Å². The average molecular weight is 485 g/mol. The fourth-order valence-corrected chi connectivity index (χ4v) is 2.95. The minimum atomic E-state index is -1.24. The van der Waals surface area contributed by atoms with Crippen molar-refractivity contribution in [2.45, 2.75) is 45.7 Å². The van der Waals surface area contributed by atoms with Crippen LogP contribution in [0.2, 0.25) is 0 Å². The Balaban J connectivity index is 2.47. The Bertz CT molecular complexity index is 1050. The number of hydrogen-bond acceptors (Lipinski definition) is 6. The van der Waals surface area contributed by atoms with E-state index in [0.29, 0.717) is 11.1 Å². The van der Waals surface area contributed by atoms with E-state index in [0.717, 1.165) is 5.56 Å². The first-order valence-electron chi connectivity index (χ1n) is 10.8. The summed E-state index contributed by atoms with van der Waals surface area (Å²) in [6, 6.07) is 10.1. The Labute approximate surface area is 202 Å². The van der Waals surface area contributed by atoms with Crippen LogP contribution in [0.5, 0.6) is 11.5 Å². The van der Waals surface area contributed by atoms with Gasteiger partial charge in [0.2, 0.25) is 0 Å². The number of carboxylic acids is 2. The Morgan fingerprint density at radius 1 is 0.743 bits per heavy atom. The molecular weight excluding hydrogens is 456 g/mol. The molecule has 0 aliphatic heterocycles. The molecule has 0 aliphatic rings. The van der Waals surface area contributed by atoms with E-state index in [9.17, 15) is 19.2 Å². The molecule has 2 atom stereocenters. The number of benzene rings is 2. The summed E-state index contributed by atoms with van der Waals surface area (Å²) < 4.78 is 10.8. The van der Waals surface area contributed by atoms with Crippen molar-refractivity contribution in [3.05, 3.63) is 59.2 Å². The number of carboxylic acid groups (broad SMARTS) is 2. The summed E-state index contributed by atoms with van der Waals surface area (Å²) in [7, 11) is 0. The molecule has 0 heterocycles. The summed E-state index contributed by atoms with van der Waals surface area (Å²) in [5.41, 5.74) is 1.77. The Kier molecular flexibility index (Phi) is 9.39. The minimum absolute atomic E-state index is 0.0550. The highest BCUT2D eigenvalue weighted by atomic mass is 16.6. The molecule has 2 amide bonds. The predicted octanol–water partition coefficient (Wildman–Crippen LogP) is 4.10. The first-order valence-corrected chi connectivity index (χ1v) is 10.8. The van der Waals surface area contributed by atoms with Crippen molar-refractivity contribution in [1.29, 1.82) is 0 Å². The molecule has 0 bridgehead atoms. The first kappa shape index (κ1) is 26.9. The van der Waals surface area contributed by atoms with Crippen LogP contribution in [0.4, 0.5) is 9.59 Å². The molecule has 0 saturated carbocycles. The summed E-state index contributed by atoms with van der Waals surface area (Å²) in [5, 5.41) is 22.5. The molecule has 0 radical (unpaired) electrons. The number of carbonyl (C=O) groups is 4. The number of aliphatic carboxylic acids is 2. The molecule has 10 heteroatoms. The van der Waals surface area contributed by atoms with E-state index in [1.165, 1.54) is 13.8 Å². The van der Waals surface area contributed by atoms with Crippen molar-refractivity contribution in [3.63, 3.8) is 0 Å². The molecule has 2 aromatic carbocycles. The zero-order valence-corrected chi connectivity index (χ0v) is 19.8. The van der Waals surface area contributed by atoms with Crippen molar-refractivity contribution >= 4 is 36.3 Å². The summed E-state index contributed by atoms with van der Waals surface area (Å²) in [6.07, 6.45) is 1.52. The molecule has 0 aromatic heterocycles. The molecule has 10 nitrogen and oxygen atoms in total. The number of hydrogen-bond donors (Lipinski definition) is 4. The lowest BCUT2D eigenvalue weighted by Crippen LogP contribution is -2.40. The molecule has 186 valence electrons. The van der Waals surface area contributed by atoms with Gasteiger partial charge in [-0.05, 0) is 43.0 Å². The van der Waals surface area contributed by atoms with Gasteiger partial charge in [0.15, 0.2) is 0 Å². The fourth-order valence-electron chi connectivity index (χ4n) is 2.95. The van der Waals surface area contributed by atoms with Crippen LogP contribution in [0, 0.1) is 0 Å². The van der Waals surface area contributed by atoms with Crippen molar-refractivity contribution in [2.24, 2.45) is 0 Å². The zero-order valence-electron chi connectivity index (χ0n) is 19.8. The van der Waals surface area contributed by atoms with Crippen LogP contribution in [0.1, 0.15) is 50.3 Å². The third kappa shape index (κ3) is 8.18. The molecule has 0 unspecified atom stereocenters. The van der Waals surface area contributed by atoms with Crippen LogP contribution in [-0.2, 0) is 9.59 Å². The molecular formula is C25H28N2O8. The van der Waals surface area contributed by atoms with E-state index in [2.05, 4.69) is 10.6 Å². The topological polar surface area (TPSA) is 151 Å². The van der Waals surface area contributed by atoms with Crippen LogP contribution in [0.15, 0.2) is 42.5 Å². The van der Waals surface area contributed by atoms with Gasteiger partial charge in [-0.1, -0.05) is 56.3 Å². The van der Waals surface area contributed by atoms with Gasteiger partial charge in [0.25, 0.3) is 0 Å². The molecule has 0 aliphatic carbocycles. The van der Waals surface area contributed by atoms with Crippen LogP contribution < -0.4 is 20.1 Å². The second-order valence-electron chi connectivity index (χ2n) is 8.02. The highest BCUT2D eigenvalue weighted by Gasteiger charge is 2.23. The Hall–Kier alpha value is -4.34. The maximum Gasteiger partial charge on any atom is 0.413 e. The summed E-state index contributed by atoms with van der Waals surface area (Å²) in [6.45, 7) is 6.14. The van der Waals surface area contributed by atoms with Crippen LogP contribution in [0.3, 0.4) is 0 Å². The number of carbonyl (C=O) groups excluding carboxylic acids is 2. The second kappa shape index (κ2) is 12.2. The van der Waals surface area contributed by atoms with Crippen molar-refractivity contribution in [2.75, 3.05) is 0 Å². The van der Waals surface area contributed by atoms with Crippen molar-refractivity contribution < 1.29 is 38.9 Å². The zero-order chi connectivity index (χ0) is 26.1. The first-order chi connectivity index (χ1) is 16.5. The van der Waals surface area contributed by atoms with E-state index in [-0.39, 0.29) is 17.4 Å². The lowest BCUT2D eigenvalue weighted by atomic mass is 9.98. The largest absolute Gasteiger partial charge is 0.480 e. The smallest absolute Gasteiger partial charge is 0.413 e. The molecule has 2 rings (SSSR count). The van der Waals surface area contributed by atoms with Gasteiger partial charge in [-0.25, -0.2) is 9.59 Å². The van der Waals surface area contributed by atoms with E-state index in [1.807, 2.05) is 30.3 Å². The lowest BCUT2D eigenvalue weighted by molar-refractivity contribution is -0.139.